The number of hydrogen-bond donors (Lipinski definition) is 1. The minimum absolute atomic E-state index is 0.824. The molecule has 4 aromatic rings. The number of rotatable bonds is 3. The van der Waals surface area contributed by atoms with Gasteiger partial charge in [0, 0.05) is 0 Å². The van der Waals surface area contributed by atoms with E-state index in [0.717, 1.165) is 22.5 Å². The number of aromatic nitrogens is 3. The number of nitrogens with zero attached hydrogens (tertiary/aromatic N) is 2. The molecule has 23 heavy (non-hydrogen) atoms. The Morgan fingerprint density at radius 3 is 2.13 bits per heavy atom. The van der Waals surface area contributed by atoms with Gasteiger partial charge in [0.2, 0.25) is 0 Å². The third-order valence-electron chi connectivity index (χ3n) is 3.74. The van der Waals surface area contributed by atoms with Crippen molar-refractivity contribution in [3.8, 4) is 5.95 Å². The molecule has 3 nitrogen and oxygen atoms in total. The summed E-state index contributed by atoms with van der Waals surface area (Å²) in [5.74, 6) is 0.824. The molecular formula is C20H16N3+. The number of benzene rings is 2. The van der Waals surface area contributed by atoms with E-state index in [2.05, 4.69) is 46.4 Å². The molecule has 110 valence electrons. The molecule has 0 bridgehead atoms. The highest BCUT2D eigenvalue weighted by molar-refractivity contribution is 5.75. The van der Waals surface area contributed by atoms with E-state index in [1.165, 1.54) is 5.56 Å². The van der Waals surface area contributed by atoms with Crippen LogP contribution >= 0.6 is 0 Å². The normalized spacial score (nSPS) is 11.3. The molecule has 2 heterocycles. The Kier molecular flexibility index (Phi) is 3.45. The molecule has 0 aliphatic carbocycles. The van der Waals surface area contributed by atoms with Crippen LogP contribution < -0.4 is 4.57 Å². The van der Waals surface area contributed by atoms with Crippen molar-refractivity contribution < 1.29 is 4.57 Å². The highest BCUT2D eigenvalue weighted by Crippen LogP contribution is 2.11. The number of nitrogens with one attached hydrogen (secondary N) is 1. The zero-order valence-corrected chi connectivity index (χ0v) is 12.6. The Morgan fingerprint density at radius 1 is 0.739 bits per heavy atom. The lowest BCUT2D eigenvalue weighted by molar-refractivity contribution is -0.603. The summed E-state index contributed by atoms with van der Waals surface area (Å²) in [5.41, 5.74) is 4.37. The van der Waals surface area contributed by atoms with E-state index < -0.39 is 0 Å². The summed E-state index contributed by atoms with van der Waals surface area (Å²) in [6.07, 6.45) is 8.25. The van der Waals surface area contributed by atoms with Gasteiger partial charge in [-0.15, -0.1) is 0 Å². The second kappa shape index (κ2) is 5.89. The van der Waals surface area contributed by atoms with Crippen LogP contribution in [0.2, 0.25) is 0 Å². The second-order valence-corrected chi connectivity index (χ2v) is 5.36. The van der Waals surface area contributed by atoms with Crippen molar-refractivity contribution in [2.24, 2.45) is 0 Å². The van der Waals surface area contributed by atoms with E-state index in [1.807, 2.05) is 59.4 Å². The Labute approximate surface area is 134 Å². The van der Waals surface area contributed by atoms with Crippen LogP contribution in [0.1, 0.15) is 11.1 Å². The summed E-state index contributed by atoms with van der Waals surface area (Å²) in [7, 11) is 0. The number of fused-ring (bicyclic) bond motifs is 1. The number of imidazole rings is 1. The van der Waals surface area contributed by atoms with Crippen LogP contribution in [0, 0.1) is 0 Å². The van der Waals surface area contributed by atoms with Gasteiger partial charge in [-0.3, -0.25) is 0 Å². The lowest BCUT2D eigenvalue weighted by atomic mass is 10.1. The van der Waals surface area contributed by atoms with Gasteiger partial charge in [0.15, 0.2) is 5.52 Å². The first-order valence-corrected chi connectivity index (χ1v) is 7.58. The van der Waals surface area contributed by atoms with Gasteiger partial charge in [0.25, 0.3) is 0 Å². The van der Waals surface area contributed by atoms with E-state index in [1.54, 1.807) is 0 Å². The predicted molar refractivity (Wildman–Crippen MR) is 93.0 cm³/mol. The van der Waals surface area contributed by atoms with Crippen molar-refractivity contribution in [2.45, 2.75) is 0 Å². The van der Waals surface area contributed by atoms with Crippen molar-refractivity contribution >= 4 is 23.2 Å². The minimum Gasteiger partial charge on any atom is -0.238 e. The standard InChI is InChI=1S/C20H16N3/c1-2-6-16(7-3-1)10-11-17-12-14-23(15-13-17)20-21-18-8-4-5-9-19(18)22-20/h1-15H,(H,21,22)/q+1/b11-10+. The molecular weight excluding hydrogens is 282 g/mol. The zero-order chi connectivity index (χ0) is 15.5. The molecule has 3 heteroatoms. The van der Waals surface area contributed by atoms with Gasteiger partial charge in [-0.25, -0.2) is 9.55 Å². The number of H-pyrrole nitrogens is 1. The molecule has 0 atom stereocenters. The van der Waals surface area contributed by atoms with Gasteiger partial charge >= 0.3 is 5.95 Å². The van der Waals surface area contributed by atoms with Crippen LogP contribution in [0.15, 0.2) is 79.1 Å². The minimum atomic E-state index is 0.824. The number of pyridine rings is 1. The third-order valence-corrected chi connectivity index (χ3v) is 3.74. The first-order chi connectivity index (χ1) is 11.4. The Morgan fingerprint density at radius 2 is 1.39 bits per heavy atom. The van der Waals surface area contributed by atoms with Crippen LogP contribution in [-0.2, 0) is 0 Å². The zero-order valence-electron chi connectivity index (χ0n) is 12.6. The monoisotopic (exact) mass is 298 g/mol. The first kappa shape index (κ1) is 13.5. The maximum atomic E-state index is 4.60. The number of hydrogen-bond acceptors (Lipinski definition) is 1. The van der Waals surface area contributed by atoms with E-state index in [-0.39, 0.29) is 0 Å². The van der Waals surface area contributed by atoms with Crippen molar-refractivity contribution in [2.75, 3.05) is 0 Å². The summed E-state index contributed by atoms with van der Waals surface area (Å²) in [4.78, 5) is 7.92. The summed E-state index contributed by atoms with van der Waals surface area (Å²) < 4.78 is 1.99. The Hall–Kier alpha value is -3.20. The molecule has 0 saturated heterocycles. The lowest BCUT2D eigenvalue weighted by Crippen LogP contribution is -2.30. The molecule has 0 spiro atoms. The fourth-order valence-corrected chi connectivity index (χ4v) is 2.51. The summed E-state index contributed by atoms with van der Waals surface area (Å²) in [6, 6.07) is 22.5. The quantitative estimate of drug-likeness (QED) is 0.569. The van der Waals surface area contributed by atoms with Gasteiger partial charge in [0.05, 0.1) is 12.4 Å². The highest BCUT2D eigenvalue weighted by Gasteiger charge is 2.12. The van der Waals surface area contributed by atoms with E-state index in [4.69, 9.17) is 0 Å². The van der Waals surface area contributed by atoms with Crippen molar-refractivity contribution in [3.05, 3.63) is 90.3 Å². The SMILES string of the molecule is C(=C\c1cc[n+](-c2nc3ccccc3[nH]2)cc1)/c1ccccc1. The van der Waals surface area contributed by atoms with Crippen molar-refractivity contribution in [1.29, 1.82) is 0 Å². The molecule has 0 amide bonds. The molecule has 2 aromatic heterocycles. The van der Waals surface area contributed by atoms with Crippen LogP contribution in [0.3, 0.4) is 0 Å². The Bertz CT molecular complexity index is 918. The molecule has 4 rings (SSSR count). The second-order valence-electron chi connectivity index (χ2n) is 5.36. The third kappa shape index (κ3) is 2.90. The van der Waals surface area contributed by atoms with Crippen LogP contribution in [0.4, 0.5) is 0 Å². The smallest absolute Gasteiger partial charge is 0.238 e. The number of para-hydroxylation sites is 2. The van der Waals surface area contributed by atoms with Gasteiger partial charge in [-0.05, 0) is 35.4 Å². The summed E-state index contributed by atoms with van der Waals surface area (Å²) in [6.45, 7) is 0. The maximum absolute atomic E-state index is 4.60. The van der Waals surface area contributed by atoms with Crippen LogP contribution in [-0.4, -0.2) is 9.97 Å². The molecule has 0 fully saturated rings. The molecule has 0 aliphatic heterocycles. The molecule has 0 radical (unpaired) electrons. The Balaban J connectivity index is 1.59. The predicted octanol–water partition coefficient (Wildman–Crippen LogP) is 4.01. The highest BCUT2D eigenvalue weighted by atomic mass is 15.1. The molecule has 0 unspecified atom stereocenters. The molecule has 0 aliphatic rings. The van der Waals surface area contributed by atoms with Gasteiger partial charge < -0.3 is 0 Å². The summed E-state index contributed by atoms with van der Waals surface area (Å²) >= 11 is 0. The van der Waals surface area contributed by atoms with E-state index >= 15 is 0 Å². The fourth-order valence-electron chi connectivity index (χ4n) is 2.51. The summed E-state index contributed by atoms with van der Waals surface area (Å²) in [5, 5.41) is 0. The fraction of sp³-hybridized carbons (Fsp3) is 0. The largest absolute Gasteiger partial charge is 0.401 e. The van der Waals surface area contributed by atoms with E-state index in [0.29, 0.717) is 0 Å². The molecule has 1 N–H and O–H groups in total. The van der Waals surface area contributed by atoms with Crippen LogP contribution in [0.25, 0.3) is 29.1 Å². The van der Waals surface area contributed by atoms with Gasteiger partial charge in [-0.2, -0.15) is 0 Å². The van der Waals surface area contributed by atoms with Crippen LogP contribution in [0.5, 0.6) is 0 Å². The topological polar surface area (TPSA) is 32.6 Å². The number of aromatic amines is 1. The molecule has 0 saturated carbocycles. The average molecular weight is 298 g/mol. The molecule has 2 aromatic carbocycles. The van der Waals surface area contributed by atoms with Gasteiger partial charge in [-0.1, -0.05) is 59.6 Å². The lowest BCUT2D eigenvalue weighted by Gasteiger charge is -1.96. The van der Waals surface area contributed by atoms with E-state index in [9.17, 15) is 0 Å². The first-order valence-electron chi connectivity index (χ1n) is 7.58. The maximum Gasteiger partial charge on any atom is 0.401 e. The van der Waals surface area contributed by atoms with Crippen molar-refractivity contribution in [1.82, 2.24) is 9.97 Å². The van der Waals surface area contributed by atoms with Gasteiger partial charge in [0.1, 0.15) is 5.52 Å². The average Bonchev–Trinajstić information content (AvgIpc) is 3.05. The van der Waals surface area contributed by atoms with Crippen molar-refractivity contribution in [3.63, 3.8) is 0 Å².